The Balaban J connectivity index is 4.18. The van der Waals surface area contributed by atoms with Crippen molar-refractivity contribution in [3.63, 3.8) is 0 Å². The van der Waals surface area contributed by atoms with Gasteiger partial charge in [0.05, 0.1) is 27.7 Å². The summed E-state index contributed by atoms with van der Waals surface area (Å²) in [5.74, 6) is -0.783. The van der Waals surface area contributed by atoms with E-state index in [0.717, 1.165) is 32.1 Å². The zero-order valence-corrected chi connectivity index (χ0v) is 43.9. The smallest absolute Gasteiger partial charge is 0.462 e. The molecule has 0 spiro atoms. The molecule has 0 radical (unpaired) electrons. The first-order valence-corrected chi connectivity index (χ1v) is 28.9. The maximum Gasteiger partial charge on any atom is 0.472 e. The van der Waals surface area contributed by atoms with Crippen molar-refractivity contribution in [3.05, 3.63) is 12.2 Å². The van der Waals surface area contributed by atoms with Gasteiger partial charge in [-0.25, -0.2) is 4.57 Å². The van der Waals surface area contributed by atoms with Crippen molar-refractivity contribution in [2.45, 2.75) is 277 Å². The number of hydrogen-bond acceptors (Lipinski definition) is 7. The molecule has 0 aliphatic heterocycles. The van der Waals surface area contributed by atoms with E-state index in [1.54, 1.807) is 0 Å². The van der Waals surface area contributed by atoms with E-state index in [4.69, 9.17) is 18.5 Å². The average Bonchev–Trinajstić information content (AvgIpc) is 3.25. The zero-order valence-electron chi connectivity index (χ0n) is 43.0. The summed E-state index contributed by atoms with van der Waals surface area (Å²) in [6.07, 6.45) is 52.6. The SMILES string of the molecule is CCCCCCCCCC/C=C\CCCCCCCCCCCC(=O)OC(COC(=O)CCCCCCCCCCCCCCCCCCCCC)COP(=O)(O)OCC[N+](C)(C)C. The van der Waals surface area contributed by atoms with Gasteiger partial charge in [0.2, 0.25) is 0 Å². The standard InChI is InChI=1S/C54H106NO8P/c1-6-8-10-12-14-16-18-20-22-24-26-27-29-31-33-35-37-39-41-43-45-47-54(57)63-52(51-62-64(58,59)61-49-48-55(3,4)5)50-60-53(56)46-44-42-40-38-36-34-32-30-28-25-23-21-19-17-15-13-11-9-7-2/h24,26,52H,6-23,25,27-51H2,1-5H3/p+1/b26-24-. The Hall–Kier alpha value is -1.25. The van der Waals surface area contributed by atoms with Crippen LogP contribution in [0.25, 0.3) is 0 Å². The predicted octanol–water partition coefficient (Wildman–Crippen LogP) is 16.5. The number of rotatable bonds is 51. The Morgan fingerprint density at radius 3 is 1.16 bits per heavy atom. The lowest BCUT2D eigenvalue weighted by atomic mass is 10.0. The van der Waals surface area contributed by atoms with Gasteiger partial charge < -0.3 is 18.9 Å². The number of nitrogens with zero attached hydrogens (tertiary/aromatic N) is 1. The van der Waals surface area contributed by atoms with Gasteiger partial charge in [-0.3, -0.25) is 18.6 Å². The van der Waals surface area contributed by atoms with Crippen molar-refractivity contribution < 1.29 is 42.1 Å². The van der Waals surface area contributed by atoms with Crippen molar-refractivity contribution in [1.82, 2.24) is 0 Å². The van der Waals surface area contributed by atoms with E-state index in [0.29, 0.717) is 23.9 Å². The monoisotopic (exact) mass is 929 g/mol. The molecule has 380 valence electrons. The maximum absolute atomic E-state index is 12.8. The number of carbonyl (C=O) groups is 2. The second kappa shape index (κ2) is 46.8. The third kappa shape index (κ3) is 50.2. The molecule has 10 heteroatoms. The fourth-order valence-electron chi connectivity index (χ4n) is 8.01. The highest BCUT2D eigenvalue weighted by molar-refractivity contribution is 7.47. The molecule has 64 heavy (non-hydrogen) atoms. The number of likely N-dealkylation sites (N-methyl/N-ethyl adjacent to an activating group) is 1. The Bertz CT molecular complexity index is 1100. The number of hydrogen-bond donors (Lipinski definition) is 1. The molecule has 0 saturated heterocycles. The minimum atomic E-state index is -4.38. The molecule has 0 fully saturated rings. The van der Waals surface area contributed by atoms with Crippen LogP contribution in [0.4, 0.5) is 0 Å². The normalized spacial score (nSPS) is 13.4. The molecule has 0 aromatic rings. The van der Waals surface area contributed by atoms with Gasteiger partial charge in [0.25, 0.3) is 0 Å². The zero-order chi connectivity index (χ0) is 47.1. The topological polar surface area (TPSA) is 108 Å². The highest BCUT2D eigenvalue weighted by atomic mass is 31.2. The lowest BCUT2D eigenvalue weighted by Crippen LogP contribution is -2.37. The summed E-state index contributed by atoms with van der Waals surface area (Å²) in [6.45, 7) is 4.48. The van der Waals surface area contributed by atoms with Gasteiger partial charge >= 0.3 is 19.8 Å². The third-order valence-electron chi connectivity index (χ3n) is 12.3. The first-order chi connectivity index (χ1) is 31.0. The Morgan fingerprint density at radius 2 is 0.797 bits per heavy atom. The summed E-state index contributed by atoms with van der Waals surface area (Å²) in [4.78, 5) is 35.6. The molecule has 0 bridgehead atoms. The van der Waals surface area contributed by atoms with Crippen LogP contribution in [0.5, 0.6) is 0 Å². The van der Waals surface area contributed by atoms with E-state index in [2.05, 4.69) is 26.0 Å². The van der Waals surface area contributed by atoms with Crippen LogP contribution in [-0.2, 0) is 32.7 Å². The van der Waals surface area contributed by atoms with Crippen molar-refractivity contribution in [3.8, 4) is 0 Å². The van der Waals surface area contributed by atoms with E-state index in [1.807, 2.05) is 21.1 Å². The van der Waals surface area contributed by atoms with Crippen molar-refractivity contribution >= 4 is 19.8 Å². The molecular formula is C54H107NO8P+. The fraction of sp³-hybridized carbons (Fsp3) is 0.926. The molecule has 0 saturated carbocycles. The molecular weight excluding hydrogens is 822 g/mol. The number of quaternary nitrogens is 1. The number of phosphoric acid groups is 1. The Labute approximate surface area is 396 Å². The van der Waals surface area contributed by atoms with Crippen LogP contribution in [-0.4, -0.2) is 74.9 Å². The van der Waals surface area contributed by atoms with Crippen molar-refractivity contribution in [1.29, 1.82) is 0 Å². The van der Waals surface area contributed by atoms with Crippen molar-refractivity contribution in [2.24, 2.45) is 0 Å². The van der Waals surface area contributed by atoms with E-state index < -0.39 is 26.5 Å². The van der Waals surface area contributed by atoms with E-state index in [-0.39, 0.29) is 25.6 Å². The molecule has 0 aliphatic carbocycles. The van der Waals surface area contributed by atoms with E-state index >= 15 is 0 Å². The fourth-order valence-corrected chi connectivity index (χ4v) is 8.75. The number of unbranched alkanes of at least 4 members (excludes halogenated alkanes) is 35. The second-order valence-corrected chi connectivity index (χ2v) is 21.4. The van der Waals surface area contributed by atoms with Gasteiger partial charge in [-0.1, -0.05) is 231 Å². The summed E-state index contributed by atoms with van der Waals surface area (Å²) in [6, 6.07) is 0. The largest absolute Gasteiger partial charge is 0.472 e. The summed E-state index contributed by atoms with van der Waals surface area (Å²) < 4.78 is 34.5. The summed E-state index contributed by atoms with van der Waals surface area (Å²) in [5, 5.41) is 0. The molecule has 2 atom stereocenters. The highest BCUT2D eigenvalue weighted by Gasteiger charge is 2.27. The predicted molar refractivity (Wildman–Crippen MR) is 271 cm³/mol. The molecule has 2 unspecified atom stereocenters. The number of ether oxygens (including phenoxy) is 2. The van der Waals surface area contributed by atoms with Gasteiger partial charge in [-0.15, -0.1) is 0 Å². The van der Waals surface area contributed by atoms with Gasteiger partial charge in [-0.05, 0) is 38.5 Å². The maximum atomic E-state index is 12.8. The minimum absolute atomic E-state index is 0.0350. The van der Waals surface area contributed by atoms with Crippen LogP contribution in [0.2, 0.25) is 0 Å². The Morgan fingerprint density at radius 1 is 0.469 bits per heavy atom. The molecule has 0 aromatic heterocycles. The molecule has 0 heterocycles. The van der Waals surface area contributed by atoms with Gasteiger partial charge in [0, 0.05) is 12.8 Å². The molecule has 0 amide bonds. The molecule has 0 aliphatic rings. The average molecular weight is 929 g/mol. The number of carbonyl (C=O) groups excluding carboxylic acids is 2. The Kier molecular flexibility index (Phi) is 45.9. The van der Waals surface area contributed by atoms with Gasteiger partial charge in [0.1, 0.15) is 19.8 Å². The summed E-state index contributed by atoms with van der Waals surface area (Å²) >= 11 is 0. The first kappa shape index (κ1) is 62.8. The summed E-state index contributed by atoms with van der Waals surface area (Å²) in [7, 11) is 1.49. The van der Waals surface area contributed by atoms with Crippen molar-refractivity contribution in [2.75, 3.05) is 47.5 Å². The molecule has 0 aromatic carbocycles. The quantitative estimate of drug-likeness (QED) is 0.0211. The van der Waals surface area contributed by atoms with Crippen LogP contribution >= 0.6 is 7.82 Å². The number of phosphoric ester groups is 1. The highest BCUT2D eigenvalue weighted by Crippen LogP contribution is 2.43. The number of esters is 2. The second-order valence-electron chi connectivity index (χ2n) is 20.0. The van der Waals surface area contributed by atoms with Crippen LogP contribution < -0.4 is 0 Å². The van der Waals surface area contributed by atoms with Gasteiger partial charge in [-0.2, -0.15) is 0 Å². The molecule has 1 N–H and O–H groups in total. The van der Waals surface area contributed by atoms with E-state index in [1.165, 1.54) is 205 Å². The van der Waals surface area contributed by atoms with Crippen LogP contribution in [0.15, 0.2) is 12.2 Å². The summed E-state index contributed by atoms with van der Waals surface area (Å²) in [5.41, 5.74) is 0. The number of allylic oxidation sites excluding steroid dienone is 2. The van der Waals surface area contributed by atoms with Crippen LogP contribution in [0.1, 0.15) is 271 Å². The van der Waals surface area contributed by atoms with Crippen LogP contribution in [0, 0.1) is 0 Å². The third-order valence-corrected chi connectivity index (χ3v) is 13.3. The molecule has 0 rings (SSSR count). The first-order valence-electron chi connectivity index (χ1n) is 27.4. The van der Waals surface area contributed by atoms with E-state index in [9.17, 15) is 19.0 Å². The lowest BCUT2D eigenvalue weighted by molar-refractivity contribution is -0.870. The minimum Gasteiger partial charge on any atom is -0.462 e. The van der Waals surface area contributed by atoms with Crippen LogP contribution in [0.3, 0.4) is 0 Å². The van der Waals surface area contributed by atoms with Gasteiger partial charge in [0.15, 0.2) is 6.10 Å². The molecule has 9 nitrogen and oxygen atoms in total. The lowest BCUT2D eigenvalue weighted by Gasteiger charge is -2.24.